The monoisotopic (exact) mass is 202 g/mol. The van der Waals surface area contributed by atoms with Gasteiger partial charge in [-0.05, 0) is 6.42 Å². The maximum atomic E-state index is 13.0. The lowest BCUT2D eigenvalue weighted by atomic mass is 10.1. The third-order valence-electron chi connectivity index (χ3n) is 3.14. The first-order valence-electron chi connectivity index (χ1n) is 5.65. The second-order valence-electron chi connectivity index (χ2n) is 4.25. The molecular weight excluding hydrogens is 182 g/mol. The number of halogens is 2. The van der Waals surface area contributed by atoms with Crippen molar-refractivity contribution < 1.29 is 8.78 Å². The lowest BCUT2D eigenvalue weighted by molar-refractivity contribution is 0.0880. The van der Waals surface area contributed by atoms with Crippen LogP contribution in [0.25, 0.3) is 0 Å². The van der Waals surface area contributed by atoms with E-state index in [0.717, 1.165) is 12.8 Å². The fourth-order valence-corrected chi connectivity index (χ4v) is 2.08. The number of unbranched alkanes of at least 4 members (excludes halogenated alkanes) is 4. The summed E-state index contributed by atoms with van der Waals surface area (Å²) in [6.07, 6.45) is 7.76. The van der Waals surface area contributed by atoms with Gasteiger partial charge in [-0.15, -0.1) is 6.58 Å². The molecule has 14 heavy (non-hydrogen) atoms. The average molecular weight is 202 g/mol. The highest BCUT2D eigenvalue weighted by Crippen LogP contribution is 2.58. The summed E-state index contributed by atoms with van der Waals surface area (Å²) in [5.74, 6) is -3.37. The van der Waals surface area contributed by atoms with Crippen LogP contribution in [-0.2, 0) is 0 Å². The van der Waals surface area contributed by atoms with E-state index in [0.29, 0.717) is 6.42 Å². The van der Waals surface area contributed by atoms with Gasteiger partial charge >= 0.3 is 0 Å². The molecule has 1 fully saturated rings. The fraction of sp³-hybridized carbons (Fsp3) is 0.833. The third kappa shape index (κ3) is 2.55. The van der Waals surface area contributed by atoms with Crippen LogP contribution in [0.1, 0.15) is 45.4 Å². The summed E-state index contributed by atoms with van der Waals surface area (Å²) in [6, 6.07) is 0. The van der Waals surface area contributed by atoms with Crippen LogP contribution in [0.4, 0.5) is 8.78 Å². The van der Waals surface area contributed by atoms with Gasteiger partial charge in [-0.25, -0.2) is 8.78 Å². The van der Waals surface area contributed by atoms with Crippen molar-refractivity contribution in [2.24, 2.45) is 11.8 Å². The number of allylic oxidation sites excluding steroid dienone is 1. The quantitative estimate of drug-likeness (QED) is 0.423. The van der Waals surface area contributed by atoms with E-state index in [2.05, 4.69) is 13.5 Å². The Hall–Kier alpha value is -0.400. The molecule has 0 N–H and O–H groups in total. The molecule has 82 valence electrons. The van der Waals surface area contributed by atoms with Gasteiger partial charge in [0.1, 0.15) is 0 Å². The first kappa shape index (κ1) is 11.7. The average Bonchev–Trinajstić information content (AvgIpc) is 2.67. The Bertz CT molecular complexity index is 187. The van der Waals surface area contributed by atoms with Crippen LogP contribution in [0, 0.1) is 11.8 Å². The molecule has 0 spiro atoms. The highest BCUT2D eigenvalue weighted by molar-refractivity contribution is 5.12. The van der Waals surface area contributed by atoms with Crippen LogP contribution < -0.4 is 0 Å². The van der Waals surface area contributed by atoms with Crippen LogP contribution >= 0.6 is 0 Å². The lowest BCUT2D eigenvalue weighted by Crippen LogP contribution is -1.94. The SMILES string of the molecule is C=CC1C(CCCCCCC)C1(F)F. The molecule has 2 atom stereocenters. The number of rotatable bonds is 7. The van der Waals surface area contributed by atoms with Crippen molar-refractivity contribution in [1.29, 1.82) is 0 Å². The van der Waals surface area contributed by atoms with E-state index < -0.39 is 17.8 Å². The van der Waals surface area contributed by atoms with Crippen LogP contribution in [-0.4, -0.2) is 5.92 Å². The van der Waals surface area contributed by atoms with Gasteiger partial charge in [-0.3, -0.25) is 0 Å². The van der Waals surface area contributed by atoms with E-state index in [1.54, 1.807) is 0 Å². The molecule has 1 saturated carbocycles. The molecule has 0 amide bonds. The highest BCUT2D eigenvalue weighted by atomic mass is 19.3. The normalized spacial score (nSPS) is 28.8. The first-order chi connectivity index (χ1) is 6.64. The third-order valence-corrected chi connectivity index (χ3v) is 3.14. The second-order valence-corrected chi connectivity index (χ2v) is 4.25. The Balaban J connectivity index is 2.06. The molecule has 0 saturated heterocycles. The van der Waals surface area contributed by atoms with Crippen molar-refractivity contribution in [2.45, 2.75) is 51.4 Å². The molecule has 1 aliphatic rings. The summed E-state index contributed by atoms with van der Waals surface area (Å²) in [5.41, 5.74) is 0. The zero-order chi connectivity index (χ0) is 10.6. The number of alkyl halides is 2. The largest absolute Gasteiger partial charge is 0.258 e. The van der Waals surface area contributed by atoms with Gasteiger partial charge in [0.05, 0.1) is 0 Å². The fourth-order valence-electron chi connectivity index (χ4n) is 2.08. The van der Waals surface area contributed by atoms with E-state index in [-0.39, 0.29) is 0 Å². The predicted octanol–water partition coefficient (Wildman–Crippen LogP) is 4.41. The van der Waals surface area contributed by atoms with Gasteiger partial charge in [0.25, 0.3) is 5.92 Å². The minimum atomic E-state index is -2.44. The summed E-state index contributed by atoms with van der Waals surface area (Å²) in [5, 5.41) is 0. The van der Waals surface area contributed by atoms with E-state index in [4.69, 9.17) is 0 Å². The molecule has 0 nitrogen and oxygen atoms in total. The van der Waals surface area contributed by atoms with Crippen molar-refractivity contribution in [1.82, 2.24) is 0 Å². The van der Waals surface area contributed by atoms with E-state index in [1.165, 1.54) is 25.3 Å². The smallest absolute Gasteiger partial charge is 0.206 e. The minimum absolute atomic E-state index is 0.401. The van der Waals surface area contributed by atoms with Crippen molar-refractivity contribution in [2.75, 3.05) is 0 Å². The molecule has 1 rings (SSSR count). The highest BCUT2D eigenvalue weighted by Gasteiger charge is 2.65. The zero-order valence-corrected chi connectivity index (χ0v) is 8.94. The molecule has 0 aromatic heterocycles. The Morgan fingerprint density at radius 2 is 1.86 bits per heavy atom. The minimum Gasteiger partial charge on any atom is -0.206 e. The van der Waals surface area contributed by atoms with E-state index >= 15 is 0 Å². The molecule has 0 aromatic rings. The standard InChI is InChI=1S/C12H20F2/c1-3-5-6-7-8-9-11-10(4-2)12(11,13)14/h4,10-11H,2-3,5-9H2,1H3. The molecule has 2 unspecified atom stereocenters. The molecule has 1 aliphatic carbocycles. The summed E-state index contributed by atoms with van der Waals surface area (Å²) >= 11 is 0. The Morgan fingerprint density at radius 3 is 2.36 bits per heavy atom. The van der Waals surface area contributed by atoms with Crippen molar-refractivity contribution >= 4 is 0 Å². The van der Waals surface area contributed by atoms with Crippen molar-refractivity contribution in [3.05, 3.63) is 12.7 Å². The van der Waals surface area contributed by atoms with Crippen LogP contribution in [0.3, 0.4) is 0 Å². The Labute approximate surface area is 85.4 Å². The number of hydrogen-bond donors (Lipinski definition) is 0. The zero-order valence-electron chi connectivity index (χ0n) is 8.94. The topological polar surface area (TPSA) is 0 Å². The summed E-state index contributed by atoms with van der Waals surface area (Å²) < 4.78 is 25.9. The predicted molar refractivity (Wildman–Crippen MR) is 55.5 cm³/mol. The summed E-state index contributed by atoms with van der Waals surface area (Å²) in [7, 11) is 0. The Morgan fingerprint density at radius 1 is 1.21 bits per heavy atom. The molecule has 0 aromatic carbocycles. The maximum absolute atomic E-state index is 13.0. The van der Waals surface area contributed by atoms with Crippen LogP contribution in [0.2, 0.25) is 0 Å². The molecule has 0 aliphatic heterocycles. The van der Waals surface area contributed by atoms with E-state index in [9.17, 15) is 8.78 Å². The first-order valence-corrected chi connectivity index (χ1v) is 5.65. The second kappa shape index (κ2) is 4.90. The Kier molecular flexibility index (Phi) is 4.09. The van der Waals surface area contributed by atoms with Gasteiger partial charge in [-0.1, -0.05) is 45.1 Å². The molecule has 0 radical (unpaired) electrons. The van der Waals surface area contributed by atoms with Crippen molar-refractivity contribution in [3.63, 3.8) is 0 Å². The van der Waals surface area contributed by atoms with E-state index in [1.807, 2.05) is 0 Å². The number of hydrogen-bond acceptors (Lipinski definition) is 0. The lowest BCUT2D eigenvalue weighted by Gasteiger charge is -1.98. The molecular formula is C12H20F2. The maximum Gasteiger partial charge on any atom is 0.258 e. The molecule has 2 heteroatoms. The van der Waals surface area contributed by atoms with Crippen LogP contribution in [0.5, 0.6) is 0 Å². The summed E-state index contributed by atoms with van der Waals surface area (Å²) in [4.78, 5) is 0. The van der Waals surface area contributed by atoms with Gasteiger partial charge in [-0.2, -0.15) is 0 Å². The van der Waals surface area contributed by atoms with Gasteiger partial charge in [0.2, 0.25) is 0 Å². The van der Waals surface area contributed by atoms with Gasteiger partial charge in [0, 0.05) is 11.8 Å². The van der Waals surface area contributed by atoms with Gasteiger partial charge < -0.3 is 0 Å². The summed E-state index contributed by atoms with van der Waals surface area (Å²) in [6.45, 7) is 5.60. The molecule has 0 heterocycles. The molecule has 0 bridgehead atoms. The van der Waals surface area contributed by atoms with Crippen molar-refractivity contribution in [3.8, 4) is 0 Å². The van der Waals surface area contributed by atoms with Crippen LogP contribution in [0.15, 0.2) is 12.7 Å². The van der Waals surface area contributed by atoms with Gasteiger partial charge in [0.15, 0.2) is 0 Å².